The average molecular weight is 494 g/mol. The number of amides is 1. The number of benzene rings is 3. The Balaban J connectivity index is 1.45. The predicted octanol–water partition coefficient (Wildman–Crippen LogP) is 6.01. The number of hydrogen-bond donors (Lipinski definition) is 1. The molecule has 4 nitrogen and oxygen atoms in total. The third-order valence-electron chi connectivity index (χ3n) is 6.61. The van der Waals surface area contributed by atoms with Gasteiger partial charge >= 0.3 is 0 Å². The lowest BCUT2D eigenvalue weighted by Crippen LogP contribution is -2.45. The molecule has 4 rings (SSSR count). The minimum Gasteiger partial charge on any atom is -0.494 e. The zero-order valence-electron chi connectivity index (χ0n) is 19.7. The number of piperidine rings is 1. The van der Waals surface area contributed by atoms with Crippen LogP contribution >= 0.6 is 11.6 Å². The van der Waals surface area contributed by atoms with Crippen molar-refractivity contribution < 1.29 is 19.0 Å². The van der Waals surface area contributed by atoms with Gasteiger partial charge in [-0.2, -0.15) is 0 Å². The van der Waals surface area contributed by atoms with Crippen molar-refractivity contribution in [1.82, 2.24) is 4.90 Å². The summed E-state index contributed by atoms with van der Waals surface area (Å²) in [6.07, 6.45) is 3.66. The topological polar surface area (TPSA) is 49.8 Å². The van der Waals surface area contributed by atoms with Crippen LogP contribution in [0.15, 0.2) is 78.9 Å². The van der Waals surface area contributed by atoms with Gasteiger partial charge < -0.3 is 14.7 Å². The fraction of sp³-hybridized carbons (Fsp3) is 0.276. The van der Waals surface area contributed by atoms with Crippen molar-refractivity contribution in [3.63, 3.8) is 0 Å². The quantitative estimate of drug-likeness (QED) is 0.438. The number of halogens is 2. The number of allylic oxidation sites excluding steroid dienone is 1. The molecule has 1 N–H and O–H groups in total. The van der Waals surface area contributed by atoms with E-state index in [-0.39, 0.29) is 18.1 Å². The van der Waals surface area contributed by atoms with Gasteiger partial charge in [0.25, 0.3) is 0 Å². The maximum absolute atomic E-state index is 14.1. The van der Waals surface area contributed by atoms with Gasteiger partial charge in [0.05, 0.1) is 19.1 Å². The number of likely N-dealkylation sites (tertiary alicyclic amines) is 1. The van der Waals surface area contributed by atoms with E-state index in [2.05, 4.69) is 0 Å². The zero-order valence-corrected chi connectivity index (χ0v) is 20.5. The van der Waals surface area contributed by atoms with E-state index in [4.69, 9.17) is 16.3 Å². The molecule has 0 saturated carbocycles. The van der Waals surface area contributed by atoms with E-state index in [1.54, 1.807) is 18.2 Å². The predicted molar refractivity (Wildman–Crippen MR) is 137 cm³/mol. The maximum Gasteiger partial charge on any atom is 0.227 e. The number of carbonyl (C=O) groups excluding carboxylic acids is 1. The highest BCUT2D eigenvalue weighted by atomic mass is 35.5. The highest BCUT2D eigenvalue weighted by Crippen LogP contribution is 2.34. The van der Waals surface area contributed by atoms with E-state index in [1.165, 1.54) is 13.2 Å². The van der Waals surface area contributed by atoms with Crippen LogP contribution in [0.25, 0.3) is 5.57 Å². The van der Waals surface area contributed by atoms with Crippen molar-refractivity contribution in [3.05, 3.63) is 106 Å². The molecule has 0 aliphatic carbocycles. The molecule has 1 aliphatic rings. The number of carbonyl (C=O) groups is 1. The first kappa shape index (κ1) is 25.0. The Hall–Kier alpha value is -3.15. The SMILES string of the molecule is COc1ccc(C/C=C(/CC(=O)N2CCC(O)(c3ccc(Cl)cc3)CC2)c2ccccc2)cc1F. The van der Waals surface area contributed by atoms with E-state index in [9.17, 15) is 14.3 Å². The molecule has 35 heavy (non-hydrogen) atoms. The molecular formula is C29H29ClFNO3. The molecule has 3 aromatic carbocycles. The Morgan fingerprint density at radius 1 is 1.09 bits per heavy atom. The second-order valence-corrected chi connectivity index (χ2v) is 9.30. The fourth-order valence-electron chi connectivity index (χ4n) is 4.47. The summed E-state index contributed by atoms with van der Waals surface area (Å²) in [5, 5.41) is 11.8. The van der Waals surface area contributed by atoms with Crippen molar-refractivity contribution >= 4 is 23.1 Å². The second kappa shape index (κ2) is 11.1. The van der Waals surface area contributed by atoms with Gasteiger partial charge in [0, 0.05) is 18.1 Å². The number of ether oxygens (including phenoxy) is 1. The van der Waals surface area contributed by atoms with E-state index >= 15 is 0 Å². The Morgan fingerprint density at radius 3 is 2.40 bits per heavy atom. The van der Waals surface area contributed by atoms with Crippen molar-refractivity contribution in [2.24, 2.45) is 0 Å². The standard InChI is InChI=1S/C29H29ClFNO3/c1-35-27-14-8-21(19-26(27)31)7-9-23(22-5-3-2-4-6-22)20-28(33)32-17-15-29(34,16-18-32)24-10-12-25(30)13-11-24/h2-6,8-14,19,34H,7,15-18,20H2,1H3/b23-9-. The van der Waals surface area contributed by atoms with Gasteiger partial charge in [0.15, 0.2) is 11.6 Å². The summed E-state index contributed by atoms with van der Waals surface area (Å²) in [7, 11) is 1.44. The molecule has 0 atom stereocenters. The van der Waals surface area contributed by atoms with Gasteiger partial charge in [0.1, 0.15) is 0 Å². The van der Waals surface area contributed by atoms with Crippen molar-refractivity contribution in [1.29, 1.82) is 0 Å². The van der Waals surface area contributed by atoms with Crippen LogP contribution in [0.4, 0.5) is 4.39 Å². The maximum atomic E-state index is 14.1. The zero-order chi connectivity index (χ0) is 24.8. The minimum absolute atomic E-state index is 0.0131. The van der Waals surface area contributed by atoms with Crippen molar-refractivity contribution in [2.75, 3.05) is 20.2 Å². The summed E-state index contributed by atoms with van der Waals surface area (Å²) in [5.41, 5.74) is 2.52. The van der Waals surface area contributed by atoms with Crippen LogP contribution < -0.4 is 4.74 Å². The van der Waals surface area contributed by atoms with Gasteiger partial charge in [-0.1, -0.05) is 66.2 Å². The summed E-state index contributed by atoms with van der Waals surface area (Å²) in [6, 6.07) is 21.9. The lowest BCUT2D eigenvalue weighted by atomic mass is 9.84. The van der Waals surface area contributed by atoms with E-state index < -0.39 is 11.4 Å². The first-order valence-electron chi connectivity index (χ1n) is 11.7. The average Bonchev–Trinajstić information content (AvgIpc) is 2.87. The summed E-state index contributed by atoms with van der Waals surface area (Å²) in [6.45, 7) is 0.952. The molecule has 182 valence electrons. The molecule has 0 aromatic heterocycles. The van der Waals surface area contributed by atoms with Gasteiger partial charge in [-0.05, 0) is 65.8 Å². The molecular weight excluding hydrogens is 465 g/mol. The molecule has 1 amide bonds. The summed E-state index contributed by atoms with van der Waals surface area (Å²) in [5.74, 6) is -0.184. The van der Waals surface area contributed by atoms with Crippen LogP contribution in [0.5, 0.6) is 5.75 Å². The third kappa shape index (κ3) is 6.11. The first-order valence-corrected chi connectivity index (χ1v) is 12.1. The molecule has 6 heteroatoms. The first-order chi connectivity index (χ1) is 16.9. The number of aliphatic hydroxyl groups is 1. The second-order valence-electron chi connectivity index (χ2n) is 8.86. The van der Waals surface area contributed by atoms with Gasteiger partial charge in [-0.25, -0.2) is 4.39 Å². The molecule has 0 bridgehead atoms. The van der Waals surface area contributed by atoms with E-state index in [1.807, 2.05) is 59.5 Å². The summed E-state index contributed by atoms with van der Waals surface area (Å²) >= 11 is 5.98. The summed E-state index contributed by atoms with van der Waals surface area (Å²) < 4.78 is 19.1. The van der Waals surface area contributed by atoms with Crippen LogP contribution in [0.2, 0.25) is 5.02 Å². The molecule has 3 aromatic rings. The Morgan fingerprint density at radius 2 is 1.77 bits per heavy atom. The molecule has 1 heterocycles. The molecule has 0 unspecified atom stereocenters. The van der Waals surface area contributed by atoms with E-state index in [0.29, 0.717) is 37.4 Å². The number of nitrogens with zero attached hydrogens (tertiary/aromatic N) is 1. The number of hydrogen-bond acceptors (Lipinski definition) is 3. The monoisotopic (exact) mass is 493 g/mol. The van der Waals surface area contributed by atoms with Gasteiger partial charge in [0.2, 0.25) is 5.91 Å². The van der Waals surface area contributed by atoms with Crippen LogP contribution in [0, 0.1) is 5.82 Å². The highest BCUT2D eigenvalue weighted by molar-refractivity contribution is 6.30. The van der Waals surface area contributed by atoms with Gasteiger partial charge in [-0.15, -0.1) is 0 Å². The van der Waals surface area contributed by atoms with Crippen molar-refractivity contribution in [3.8, 4) is 5.75 Å². The number of rotatable bonds is 7. The molecule has 1 aliphatic heterocycles. The highest BCUT2D eigenvalue weighted by Gasteiger charge is 2.35. The molecule has 1 saturated heterocycles. The lowest BCUT2D eigenvalue weighted by Gasteiger charge is -2.38. The number of methoxy groups -OCH3 is 1. The normalized spacial score (nSPS) is 15.7. The molecule has 1 fully saturated rings. The smallest absolute Gasteiger partial charge is 0.227 e. The van der Waals surface area contributed by atoms with Crippen LogP contribution in [-0.2, 0) is 16.8 Å². The Bertz CT molecular complexity index is 1190. The van der Waals surface area contributed by atoms with Gasteiger partial charge in [-0.3, -0.25) is 4.79 Å². The molecule has 0 radical (unpaired) electrons. The third-order valence-corrected chi connectivity index (χ3v) is 6.86. The Labute approximate surface area is 210 Å². The van der Waals surface area contributed by atoms with Crippen LogP contribution in [0.3, 0.4) is 0 Å². The van der Waals surface area contributed by atoms with Crippen molar-refractivity contribution in [2.45, 2.75) is 31.3 Å². The minimum atomic E-state index is -0.960. The molecule has 0 spiro atoms. The van der Waals surface area contributed by atoms with Crippen LogP contribution in [0.1, 0.15) is 36.0 Å². The summed E-state index contributed by atoms with van der Waals surface area (Å²) in [4.78, 5) is 15.0. The largest absolute Gasteiger partial charge is 0.494 e. The lowest BCUT2D eigenvalue weighted by molar-refractivity contribution is -0.134. The van der Waals surface area contributed by atoms with Crippen LogP contribution in [-0.4, -0.2) is 36.1 Å². The van der Waals surface area contributed by atoms with E-state index in [0.717, 1.165) is 22.3 Å². The fourth-order valence-corrected chi connectivity index (χ4v) is 4.60. The Kier molecular flexibility index (Phi) is 7.89.